The summed E-state index contributed by atoms with van der Waals surface area (Å²) >= 11 is 0. The van der Waals surface area contributed by atoms with Crippen LogP contribution in [-0.2, 0) is 0 Å². The molecule has 0 fully saturated rings. The van der Waals surface area contributed by atoms with Crippen LogP contribution in [0.4, 0.5) is 5.69 Å². The number of non-ortho nitro benzene ring substituents is 1. The first-order chi connectivity index (χ1) is 10.0. The van der Waals surface area contributed by atoms with Crippen LogP contribution >= 0.6 is 0 Å². The van der Waals surface area contributed by atoms with Gasteiger partial charge in [-0.3, -0.25) is 10.1 Å². The van der Waals surface area contributed by atoms with Gasteiger partial charge >= 0.3 is 0 Å². The number of nitrogens with one attached hydrogen (secondary N) is 1. The Morgan fingerprint density at radius 2 is 1.95 bits per heavy atom. The molecule has 5 heteroatoms. The number of rotatable bonds is 9. The molecule has 0 aliphatic heterocycles. The van der Waals surface area contributed by atoms with E-state index in [0.29, 0.717) is 6.04 Å². The average Bonchev–Trinajstić information content (AvgIpc) is 2.50. The first-order valence-corrected chi connectivity index (χ1v) is 7.74. The fourth-order valence-electron chi connectivity index (χ4n) is 2.57. The van der Waals surface area contributed by atoms with Crippen LogP contribution in [0, 0.1) is 10.1 Å². The highest BCUT2D eigenvalue weighted by Crippen LogP contribution is 2.22. The maximum Gasteiger partial charge on any atom is 0.269 e. The number of hydrogen-bond acceptors (Lipinski definition) is 4. The zero-order valence-corrected chi connectivity index (χ0v) is 13.5. The van der Waals surface area contributed by atoms with Crippen LogP contribution in [0.15, 0.2) is 24.3 Å². The molecule has 21 heavy (non-hydrogen) atoms. The van der Waals surface area contributed by atoms with Gasteiger partial charge in [-0.05, 0) is 32.0 Å². The highest BCUT2D eigenvalue weighted by atomic mass is 16.6. The summed E-state index contributed by atoms with van der Waals surface area (Å²) in [6.07, 6.45) is 0.907. The van der Waals surface area contributed by atoms with E-state index in [1.54, 1.807) is 12.1 Å². The number of likely N-dealkylation sites (N-methyl/N-ethyl adjacent to an activating group) is 1. The van der Waals surface area contributed by atoms with Crippen LogP contribution in [0.25, 0.3) is 0 Å². The predicted octanol–water partition coefficient (Wildman–Crippen LogP) is 3.37. The van der Waals surface area contributed by atoms with Crippen molar-refractivity contribution < 1.29 is 4.92 Å². The van der Waals surface area contributed by atoms with Crippen molar-refractivity contribution in [1.29, 1.82) is 0 Å². The van der Waals surface area contributed by atoms with Crippen LogP contribution in [-0.4, -0.2) is 35.5 Å². The van der Waals surface area contributed by atoms with Crippen molar-refractivity contribution in [2.45, 2.75) is 46.2 Å². The molecule has 0 aromatic heterocycles. The highest BCUT2D eigenvalue weighted by Gasteiger charge is 2.16. The molecule has 0 spiro atoms. The fraction of sp³-hybridized carbons (Fsp3) is 0.625. The van der Waals surface area contributed by atoms with E-state index in [2.05, 4.69) is 37.9 Å². The van der Waals surface area contributed by atoms with Crippen LogP contribution in [0.5, 0.6) is 0 Å². The summed E-state index contributed by atoms with van der Waals surface area (Å²) in [5.74, 6) is 0. The Balaban J connectivity index is 2.74. The number of nitrogens with zero attached hydrogens (tertiary/aromatic N) is 2. The molecule has 2 atom stereocenters. The summed E-state index contributed by atoms with van der Waals surface area (Å²) < 4.78 is 0. The van der Waals surface area contributed by atoms with Gasteiger partial charge in [0.2, 0.25) is 0 Å². The summed E-state index contributed by atoms with van der Waals surface area (Å²) in [6.45, 7) is 11.6. The Hall–Kier alpha value is -1.46. The average molecular weight is 293 g/mol. The fourth-order valence-corrected chi connectivity index (χ4v) is 2.57. The van der Waals surface area contributed by atoms with Gasteiger partial charge in [0.1, 0.15) is 0 Å². The molecule has 1 aromatic rings. The molecule has 0 heterocycles. The maximum absolute atomic E-state index is 10.9. The van der Waals surface area contributed by atoms with E-state index in [4.69, 9.17) is 0 Å². The second-order valence-corrected chi connectivity index (χ2v) is 5.37. The largest absolute Gasteiger partial charge is 0.306 e. The SMILES string of the molecule is CCC(NC(C)CN(CC)CC)c1cccc([N+](=O)[O-])c1. The summed E-state index contributed by atoms with van der Waals surface area (Å²) in [4.78, 5) is 12.9. The van der Waals surface area contributed by atoms with E-state index in [9.17, 15) is 10.1 Å². The second-order valence-electron chi connectivity index (χ2n) is 5.37. The molecule has 1 aromatic carbocycles. The zero-order valence-electron chi connectivity index (χ0n) is 13.5. The standard InChI is InChI=1S/C16H27N3O2/c1-5-16(17-13(4)12-18(6-2)7-3)14-9-8-10-15(11-14)19(20)21/h8-11,13,16-17H,5-7,12H2,1-4H3. The van der Waals surface area contributed by atoms with Crippen molar-refractivity contribution in [2.24, 2.45) is 0 Å². The quantitative estimate of drug-likeness (QED) is 0.560. The van der Waals surface area contributed by atoms with Gasteiger partial charge in [0, 0.05) is 30.8 Å². The normalized spacial score (nSPS) is 14.1. The Morgan fingerprint density at radius 1 is 1.29 bits per heavy atom. The third-order valence-electron chi connectivity index (χ3n) is 3.80. The molecule has 0 bridgehead atoms. The molecule has 118 valence electrons. The van der Waals surface area contributed by atoms with E-state index in [1.165, 1.54) is 6.07 Å². The molecule has 1 rings (SSSR count). The second kappa shape index (κ2) is 8.74. The molecular weight excluding hydrogens is 266 g/mol. The number of nitro benzene ring substituents is 1. The van der Waals surface area contributed by atoms with Crippen LogP contribution in [0.1, 0.15) is 45.7 Å². The van der Waals surface area contributed by atoms with E-state index < -0.39 is 0 Å². The smallest absolute Gasteiger partial charge is 0.269 e. The molecule has 0 aliphatic rings. The monoisotopic (exact) mass is 293 g/mol. The van der Waals surface area contributed by atoms with Gasteiger partial charge < -0.3 is 10.2 Å². The lowest BCUT2D eigenvalue weighted by atomic mass is 10.0. The van der Waals surface area contributed by atoms with Crippen molar-refractivity contribution >= 4 is 5.69 Å². The Bertz CT molecular complexity index is 447. The summed E-state index contributed by atoms with van der Waals surface area (Å²) in [7, 11) is 0. The molecule has 0 radical (unpaired) electrons. The third-order valence-corrected chi connectivity index (χ3v) is 3.80. The van der Waals surface area contributed by atoms with Crippen LogP contribution in [0.2, 0.25) is 0 Å². The Labute approximate surface area is 127 Å². The Morgan fingerprint density at radius 3 is 2.48 bits per heavy atom. The van der Waals surface area contributed by atoms with Crippen molar-refractivity contribution in [3.63, 3.8) is 0 Å². The van der Waals surface area contributed by atoms with Crippen molar-refractivity contribution in [2.75, 3.05) is 19.6 Å². The number of benzene rings is 1. The lowest BCUT2D eigenvalue weighted by molar-refractivity contribution is -0.384. The number of hydrogen-bond donors (Lipinski definition) is 1. The lowest BCUT2D eigenvalue weighted by Gasteiger charge is -2.27. The predicted molar refractivity (Wildman–Crippen MR) is 86.5 cm³/mol. The minimum atomic E-state index is -0.338. The van der Waals surface area contributed by atoms with E-state index in [1.807, 2.05) is 6.07 Å². The third kappa shape index (κ3) is 5.44. The topological polar surface area (TPSA) is 58.4 Å². The summed E-state index contributed by atoms with van der Waals surface area (Å²) in [6, 6.07) is 7.41. The van der Waals surface area contributed by atoms with Gasteiger partial charge in [-0.2, -0.15) is 0 Å². The maximum atomic E-state index is 10.9. The molecule has 1 N–H and O–H groups in total. The van der Waals surface area contributed by atoms with Crippen molar-refractivity contribution in [3.8, 4) is 0 Å². The number of nitro groups is 1. The van der Waals surface area contributed by atoms with Gasteiger partial charge in [0.25, 0.3) is 5.69 Å². The molecule has 2 unspecified atom stereocenters. The molecule has 5 nitrogen and oxygen atoms in total. The Kier molecular flexibility index (Phi) is 7.32. The van der Waals surface area contributed by atoms with Gasteiger partial charge in [0.05, 0.1) is 4.92 Å². The first kappa shape index (κ1) is 17.6. The molecule has 0 aliphatic carbocycles. The molecule has 0 amide bonds. The highest BCUT2D eigenvalue weighted by molar-refractivity contribution is 5.35. The molecule has 0 saturated heterocycles. The minimum absolute atomic E-state index is 0.149. The van der Waals surface area contributed by atoms with Gasteiger partial charge in [-0.1, -0.05) is 32.9 Å². The van der Waals surface area contributed by atoms with E-state index in [-0.39, 0.29) is 16.7 Å². The summed E-state index contributed by atoms with van der Waals surface area (Å²) in [5, 5.41) is 14.5. The van der Waals surface area contributed by atoms with Crippen molar-refractivity contribution in [1.82, 2.24) is 10.2 Å². The van der Waals surface area contributed by atoms with E-state index >= 15 is 0 Å². The molecular formula is C16H27N3O2. The first-order valence-electron chi connectivity index (χ1n) is 7.74. The van der Waals surface area contributed by atoms with Crippen molar-refractivity contribution in [3.05, 3.63) is 39.9 Å². The minimum Gasteiger partial charge on any atom is -0.306 e. The van der Waals surface area contributed by atoms with E-state index in [0.717, 1.165) is 31.6 Å². The zero-order chi connectivity index (χ0) is 15.8. The van der Waals surface area contributed by atoms with Gasteiger partial charge in [-0.15, -0.1) is 0 Å². The van der Waals surface area contributed by atoms with Gasteiger partial charge in [0.15, 0.2) is 0 Å². The van der Waals surface area contributed by atoms with Gasteiger partial charge in [-0.25, -0.2) is 0 Å². The van der Waals surface area contributed by atoms with Crippen LogP contribution < -0.4 is 5.32 Å². The lowest BCUT2D eigenvalue weighted by Crippen LogP contribution is -2.40. The molecule has 0 saturated carbocycles. The summed E-state index contributed by atoms with van der Waals surface area (Å²) in [5.41, 5.74) is 1.14. The van der Waals surface area contributed by atoms with Crippen LogP contribution in [0.3, 0.4) is 0 Å².